The van der Waals surface area contributed by atoms with Crippen molar-refractivity contribution in [3.05, 3.63) is 11.3 Å². The third-order valence-electron chi connectivity index (χ3n) is 3.33. The van der Waals surface area contributed by atoms with Crippen LogP contribution in [0.3, 0.4) is 0 Å². The fourth-order valence-corrected chi connectivity index (χ4v) is 2.42. The van der Waals surface area contributed by atoms with Gasteiger partial charge in [-0.25, -0.2) is 0 Å². The SMILES string of the molecule is Cc1c(C2CC(C)OC2C)nn(C)c1N. The van der Waals surface area contributed by atoms with Gasteiger partial charge in [0.05, 0.1) is 17.9 Å². The second-order valence-electron chi connectivity index (χ2n) is 4.51. The Morgan fingerprint density at radius 3 is 2.53 bits per heavy atom. The molecule has 1 aliphatic rings. The number of hydrogen-bond donors (Lipinski definition) is 1. The quantitative estimate of drug-likeness (QED) is 0.764. The molecule has 15 heavy (non-hydrogen) atoms. The van der Waals surface area contributed by atoms with Crippen molar-refractivity contribution in [2.24, 2.45) is 7.05 Å². The maximum atomic E-state index is 5.91. The molecule has 1 saturated heterocycles. The molecular weight excluding hydrogens is 190 g/mol. The van der Waals surface area contributed by atoms with E-state index in [-0.39, 0.29) is 6.10 Å². The molecule has 2 N–H and O–H groups in total. The van der Waals surface area contributed by atoms with Crippen LogP contribution in [0.2, 0.25) is 0 Å². The molecule has 4 heteroatoms. The average molecular weight is 209 g/mol. The molecule has 0 aromatic carbocycles. The smallest absolute Gasteiger partial charge is 0.124 e. The number of nitrogen functional groups attached to an aromatic ring is 1. The van der Waals surface area contributed by atoms with E-state index in [1.165, 1.54) is 0 Å². The third kappa shape index (κ3) is 1.63. The van der Waals surface area contributed by atoms with Crippen LogP contribution in [-0.2, 0) is 11.8 Å². The summed E-state index contributed by atoms with van der Waals surface area (Å²) in [6.45, 7) is 6.25. The van der Waals surface area contributed by atoms with Gasteiger partial charge in [-0.3, -0.25) is 4.68 Å². The first-order chi connectivity index (χ1) is 7.00. The highest BCUT2D eigenvalue weighted by atomic mass is 16.5. The molecule has 1 fully saturated rings. The second kappa shape index (κ2) is 3.52. The topological polar surface area (TPSA) is 53.1 Å². The molecule has 84 valence electrons. The average Bonchev–Trinajstić information content (AvgIpc) is 2.61. The summed E-state index contributed by atoms with van der Waals surface area (Å²) < 4.78 is 7.49. The number of rotatable bonds is 1. The summed E-state index contributed by atoms with van der Waals surface area (Å²) in [5.41, 5.74) is 8.12. The maximum absolute atomic E-state index is 5.91. The highest BCUT2D eigenvalue weighted by molar-refractivity contribution is 5.43. The predicted molar refractivity (Wildman–Crippen MR) is 59.7 cm³/mol. The van der Waals surface area contributed by atoms with Crippen molar-refractivity contribution in [3.63, 3.8) is 0 Å². The van der Waals surface area contributed by atoms with Crippen LogP contribution >= 0.6 is 0 Å². The van der Waals surface area contributed by atoms with Crippen molar-refractivity contribution >= 4 is 5.82 Å². The van der Waals surface area contributed by atoms with Gasteiger partial charge in [0.15, 0.2) is 0 Å². The lowest BCUT2D eigenvalue weighted by molar-refractivity contribution is 0.0629. The lowest BCUT2D eigenvalue weighted by Gasteiger charge is -2.11. The Hall–Kier alpha value is -1.03. The van der Waals surface area contributed by atoms with Gasteiger partial charge in [0.25, 0.3) is 0 Å². The van der Waals surface area contributed by atoms with E-state index in [1.54, 1.807) is 4.68 Å². The van der Waals surface area contributed by atoms with E-state index in [2.05, 4.69) is 18.9 Å². The number of aromatic nitrogens is 2. The van der Waals surface area contributed by atoms with E-state index >= 15 is 0 Å². The molecule has 2 rings (SSSR count). The summed E-state index contributed by atoms with van der Waals surface area (Å²) in [5, 5.41) is 4.49. The Bertz CT molecular complexity index is 372. The predicted octanol–water partition coefficient (Wildman–Crippen LogP) is 1.59. The standard InChI is InChI=1S/C11H19N3O/c1-6-5-9(8(3)15-6)10-7(2)11(12)14(4)13-10/h6,8-9H,5,12H2,1-4H3. The summed E-state index contributed by atoms with van der Waals surface area (Å²) in [6, 6.07) is 0. The molecular formula is C11H19N3O. The maximum Gasteiger partial charge on any atom is 0.124 e. The third-order valence-corrected chi connectivity index (χ3v) is 3.33. The van der Waals surface area contributed by atoms with Crippen molar-refractivity contribution in [3.8, 4) is 0 Å². The minimum Gasteiger partial charge on any atom is -0.384 e. The monoisotopic (exact) mass is 209 g/mol. The lowest BCUT2D eigenvalue weighted by Crippen LogP contribution is -2.11. The Labute approximate surface area is 90.4 Å². The number of nitrogens with two attached hydrogens (primary N) is 1. The van der Waals surface area contributed by atoms with Gasteiger partial charge in [0.1, 0.15) is 5.82 Å². The molecule has 0 radical (unpaired) electrons. The zero-order chi connectivity index (χ0) is 11.2. The summed E-state index contributed by atoms with van der Waals surface area (Å²) in [6.07, 6.45) is 1.61. The summed E-state index contributed by atoms with van der Waals surface area (Å²) >= 11 is 0. The molecule has 4 nitrogen and oxygen atoms in total. The zero-order valence-corrected chi connectivity index (χ0v) is 9.82. The molecule has 3 atom stereocenters. The number of anilines is 1. The highest BCUT2D eigenvalue weighted by Crippen LogP contribution is 2.36. The molecule has 0 bridgehead atoms. The van der Waals surface area contributed by atoms with Gasteiger partial charge in [0.2, 0.25) is 0 Å². The highest BCUT2D eigenvalue weighted by Gasteiger charge is 2.34. The van der Waals surface area contributed by atoms with Crippen LogP contribution in [0.5, 0.6) is 0 Å². The van der Waals surface area contributed by atoms with Crippen molar-refractivity contribution in [1.29, 1.82) is 0 Å². The molecule has 0 aliphatic carbocycles. The van der Waals surface area contributed by atoms with Gasteiger partial charge in [-0.15, -0.1) is 0 Å². The van der Waals surface area contributed by atoms with Crippen LogP contribution in [-0.4, -0.2) is 22.0 Å². The van der Waals surface area contributed by atoms with Crippen molar-refractivity contribution in [2.75, 3.05) is 5.73 Å². The van der Waals surface area contributed by atoms with E-state index in [1.807, 2.05) is 14.0 Å². The van der Waals surface area contributed by atoms with E-state index < -0.39 is 0 Å². The fourth-order valence-electron chi connectivity index (χ4n) is 2.42. The number of hydrogen-bond acceptors (Lipinski definition) is 3. The molecule has 0 spiro atoms. The molecule has 1 aromatic heterocycles. The van der Waals surface area contributed by atoms with Gasteiger partial charge < -0.3 is 10.5 Å². The molecule has 1 aromatic rings. The van der Waals surface area contributed by atoms with Crippen molar-refractivity contribution < 1.29 is 4.74 Å². The van der Waals surface area contributed by atoms with Crippen molar-refractivity contribution in [1.82, 2.24) is 9.78 Å². The molecule has 3 unspecified atom stereocenters. The molecule has 0 amide bonds. The van der Waals surface area contributed by atoms with Crippen molar-refractivity contribution in [2.45, 2.75) is 45.3 Å². The van der Waals surface area contributed by atoms with Crippen LogP contribution in [0, 0.1) is 6.92 Å². The Morgan fingerprint density at radius 2 is 2.13 bits per heavy atom. The van der Waals surface area contributed by atoms with Gasteiger partial charge in [-0.2, -0.15) is 5.10 Å². The first-order valence-corrected chi connectivity index (χ1v) is 5.45. The second-order valence-corrected chi connectivity index (χ2v) is 4.51. The van der Waals surface area contributed by atoms with Crippen LogP contribution < -0.4 is 5.73 Å². The zero-order valence-electron chi connectivity index (χ0n) is 9.82. The van der Waals surface area contributed by atoms with Gasteiger partial charge in [0, 0.05) is 18.5 Å². The van der Waals surface area contributed by atoms with E-state index in [0.29, 0.717) is 12.0 Å². The summed E-state index contributed by atoms with van der Waals surface area (Å²) in [7, 11) is 1.88. The van der Waals surface area contributed by atoms with Crippen LogP contribution in [0.25, 0.3) is 0 Å². The van der Waals surface area contributed by atoms with E-state index in [0.717, 1.165) is 23.5 Å². The number of ether oxygens (including phenoxy) is 1. The van der Waals surface area contributed by atoms with E-state index in [9.17, 15) is 0 Å². The number of nitrogens with zero attached hydrogens (tertiary/aromatic N) is 2. The Kier molecular flexibility index (Phi) is 2.46. The molecule has 1 aliphatic heterocycles. The van der Waals surface area contributed by atoms with Gasteiger partial charge >= 0.3 is 0 Å². The Morgan fingerprint density at radius 1 is 1.47 bits per heavy atom. The van der Waals surface area contributed by atoms with Gasteiger partial charge in [-0.05, 0) is 27.2 Å². The molecule has 2 heterocycles. The fraction of sp³-hybridized carbons (Fsp3) is 0.727. The van der Waals surface area contributed by atoms with E-state index in [4.69, 9.17) is 10.5 Å². The lowest BCUT2D eigenvalue weighted by atomic mass is 9.94. The molecule has 0 saturated carbocycles. The van der Waals surface area contributed by atoms with Crippen LogP contribution in [0.15, 0.2) is 0 Å². The Balaban J connectivity index is 2.33. The van der Waals surface area contributed by atoms with Gasteiger partial charge in [-0.1, -0.05) is 0 Å². The largest absolute Gasteiger partial charge is 0.384 e. The summed E-state index contributed by atoms with van der Waals surface area (Å²) in [4.78, 5) is 0. The van der Waals surface area contributed by atoms with Crippen LogP contribution in [0.4, 0.5) is 5.82 Å². The normalized spacial score (nSPS) is 31.1. The first kappa shape index (κ1) is 10.5. The number of aryl methyl sites for hydroxylation is 1. The van der Waals surface area contributed by atoms with Crippen LogP contribution in [0.1, 0.15) is 37.4 Å². The summed E-state index contributed by atoms with van der Waals surface area (Å²) in [5.74, 6) is 1.15. The minimum atomic E-state index is 0.244. The first-order valence-electron chi connectivity index (χ1n) is 5.45. The minimum absolute atomic E-state index is 0.244.